The van der Waals surface area contributed by atoms with Crippen LogP contribution in [0, 0.1) is 6.92 Å². The molecule has 0 aliphatic carbocycles. The minimum absolute atomic E-state index is 0.632. The molecule has 0 fully saturated rings. The van der Waals surface area contributed by atoms with E-state index >= 15 is 0 Å². The van der Waals surface area contributed by atoms with Crippen LogP contribution in [0.4, 0.5) is 5.82 Å². The number of rotatable bonds is 5. The SMILES string of the molecule is CCc1nc(C)sc1CNc1nc(-c2cccnc2)nc2c1cnn2C. The molecule has 0 saturated carbocycles. The van der Waals surface area contributed by atoms with Gasteiger partial charge < -0.3 is 5.32 Å². The lowest BCUT2D eigenvalue weighted by Crippen LogP contribution is -2.05. The van der Waals surface area contributed by atoms with Crippen molar-refractivity contribution in [3.05, 3.63) is 46.3 Å². The van der Waals surface area contributed by atoms with E-state index in [1.54, 1.807) is 34.6 Å². The van der Waals surface area contributed by atoms with Crippen molar-refractivity contribution in [1.29, 1.82) is 0 Å². The van der Waals surface area contributed by atoms with E-state index in [4.69, 9.17) is 4.98 Å². The Hall–Kier alpha value is -2.87. The fourth-order valence-corrected chi connectivity index (χ4v) is 3.84. The number of pyridine rings is 1. The lowest BCUT2D eigenvalue weighted by atomic mass is 10.2. The van der Waals surface area contributed by atoms with Crippen molar-refractivity contribution >= 4 is 28.2 Å². The highest BCUT2D eigenvalue weighted by molar-refractivity contribution is 7.11. The van der Waals surface area contributed by atoms with Gasteiger partial charge in [0.25, 0.3) is 0 Å². The molecule has 0 amide bonds. The molecular weight excluding hydrogens is 346 g/mol. The van der Waals surface area contributed by atoms with Gasteiger partial charge in [0.2, 0.25) is 0 Å². The number of anilines is 1. The standard InChI is InChI=1S/C18H19N7S/c1-4-14-15(26-11(2)22-14)10-20-17-13-9-21-25(3)18(13)24-16(23-17)12-6-5-7-19-8-12/h5-9H,4,10H2,1-3H3,(H,20,23,24). The quantitative estimate of drug-likeness (QED) is 0.584. The molecule has 0 atom stereocenters. The van der Waals surface area contributed by atoms with E-state index in [0.717, 1.165) is 39.5 Å². The number of nitrogens with zero attached hydrogens (tertiary/aromatic N) is 6. The Balaban J connectivity index is 1.73. The van der Waals surface area contributed by atoms with E-state index in [1.165, 1.54) is 4.88 Å². The first-order chi connectivity index (χ1) is 12.7. The van der Waals surface area contributed by atoms with Crippen LogP contribution in [0.25, 0.3) is 22.4 Å². The molecule has 0 radical (unpaired) electrons. The van der Waals surface area contributed by atoms with Crippen molar-refractivity contribution in [1.82, 2.24) is 29.7 Å². The van der Waals surface area contributed by atoms with Crippen LogP contribution in [0.2, 0.25) is 0 Å². The smallest absolute Gasteiger partial charge is 0.165 e. The largest absolute Gasteiger partial charge is 0.364 e. The highest BCUT2D eigenvalue weighted by Gasteiger charge is 2.14. The van der Waals surface area contributed by atoms with Crippen LogP contribution >= 0.6 is 11.3 Å². The Kier molecular flexibility index (Phi) is 4.34. The van der Waals surface area contributed by atoms with Gasteiger partial charge in [0.15, 0.2) is 11.5 Å². The van der Waals surface area contributed by atoms with Crippen LogP contribution in [0.15, 0.2) is 30.7 Å². The minimum atomic E-state index is 0.632. The molecule has 0 aromatic carbocycles. The maximum Gasteiger partial charge on any atom is 0.165 e. The molecule has 132 valence electrons. The first-order valence-corrected chi connectivity index (χ1v) is 9.26. The number of nitrogens with one attached hydrogen (secondary N) is 1. The predicted molar refractivity (Wildman–Crippen MR) is 103 cm³/mol. The molecule has 4 aromatic heterocycles. The maximum atomic E-state index is 4.73. The van der Waals surface area contributed by atoms with Gasteiger partial charge in [-0.2, -0.15) is 5.10 Å². The van der Waals surface area contributed by atoms with Gasteiger partial charge in [0.1, 0.15) is 5.82 Å². The highest BCUT2D eigenvalue weighted by Crippen LogP contribution is 2.26. The van der Waals surface area contributed by atoms with E-state index in [0.29, 0.717) is 12.4 Å². The predicted octanol–water partition coefficient (Wildman–Crippen LogP) is 3.36. The van der Waals surface area contributed by atoms with Gasteiger partial charge in [-0.05, 0) is 25.5 Å². The number of aryl methyl sites for hydroxylation is 3. The molecule has 7 nitrogen and oxygen atoms in total. The Morgan fingerprint density at radius 3 is 2.85 bits per heavy atom. The number of aromatic nitrogens is 6. The molecule has 1 N–H and O–H groups in total. The van der Waals surface area contributed by atoms with Gasteiger partial charge >= 0.3 is 0 Å². The summed E-state index contributed by atoms with van der Waals surface area (Å²) in [5.74, 6) is 1.41. The summed E-state index contributed by atoms with van der Waals surface area (Å²) < 4.78 is 1.76. The van der Waals surface area contributed by atoms with Crippen LogP contribution in [-0.4, -0.2) is 29.7 Å². The van der Waals surface area contributed by atoms with Gasteiger partial charge in [0, 0.05) is 29.9 Å². The summed E-state index contributed by atoms with van der Waals surface area (Å²) in [7, 11) is 1.88. The van der Waals surface area contributed by atoms with Crippen LogP contribution in [0.3, 0.4) is 0 Å². The van der Waals surface area contributed by atoms with Crippen molar-refractivity contribution in [3.63, 3.8) is 0 Å². The molecular formula is C18H19N7S. The lowest BCUT2D eigenvalue weighted by molar-refractivity contribution is 0.786. The van der Waals surface area contributed by atoms with Crippen molar-refractivity contribution in [2.75, 3.05) is 5.32 Å². The zero-order chi connectivity index (χ0) is 18.1. The van der Waals surface area contributed by atoms with Crippen molar-refractivity contribution in [2.45, 2.75) is 26.8 Å². The van der Waals surface area contributed by atoms with E-state index in [2.05, 4.69) is 32.3 Å². The molecule has 0 saturated heterocycles. The maximum absolute atomic E-state index is 4.73. The molecule has 8 heteroatoms. The number of thiazole rings is 1. The number of fused-ring (bicyclic) bond motifs is 1. The van der Waals surface area contributed by atoms with Crippen LogP contribution in [-0.2, 0) is 20.0 Å². The second-order valence-corrected chi connectivity index (χ2v) is 7.24. The fraction of sp³-hybridized carbons (Fsp3) is 0.278. The molecule has 4 aromatic rings. The molecule has 0 aliphatic rings. The average Bonchev–Trinajstić information content (AvgIpc) is 3.23. The monoisotopic (exact) mass is 365 g/mol. The van der Waals surface area contributed by atoms with Gasteiger partial charge in [0.05, 0.1) is 28.8 Å². The third kappa shape index (κ3) is 3.03. The Labute approximate surface area is 155 Å². The van der Waals surface area contributed by atoms with Gasteiger partial charge in [-0.1, -0.05) is 6.92 Å². The number of hydrogen-bond donors (Lipinski definition) is 1. The highest BCUT2D eigenvalue weighted by atomic mass is 32.1. The molecule has 0 aliphatic heterocycles. The topological polar surface area (TPSA) is 81.4 Å². The molecule has 4 rings (SSSR count). The third-order valence-electron chi connectivity index (χ3n) is 4.15. The molecule has 4 heterocycles. The Morgan fingerprint density at radius 2 is 2.08 bits per heavy atom. The normalized spacial score (nSPS) is 11.2. The van der Waals surface area contributed by atoms with Crippen molar-refractivity contribution in [2.24, 2.45) is 7.05 Å². The summed E-state index contributed by atoms with van der Waals surface area (Å²) in [6.07, 6.45) is 6.23. The Morgan fingerprint density at radius 1 is 1.19 bits per heavy atom. The average molecular weight is 365 g/mol. The summed E-state index contributed by atoms with van der Waals surface area (Å²) >= 11 is 1.72. The van der Waals surface area contributed by atoms with Crippen LogP contribution in [0.1, 0.15) is 22.5 Å². The Bertz CT molecular complexity index is 1050. The van der Waals surface area contributed by atoms with E-state index in [1.807, 2.05) is 26.1 Å². The van der Waals surface area contributed by atoms with Crippen LogP contribution < -0.4 is 5.32 Å². The van der Waals surface area contributed by atoms with E-state index in [9.17, 15) is 0 Å². The lowest BCUT2D eigenvalue weighted by Gasteiger charge is -2.09. The zero-order valence-electron chi connectivity index (χ0n) is 14.9. The minimum Gasteiger partial charge on any atom is -0.364 e. The van der Waals surface area contributed by atoms with Gasteiger partial charge in [-0.3, -0.25) is 9.67 Å². The molecule has 0 spiro atoms. The van der Waals surface area contributed by atoms with E-state index in [-0.39, 0.29) is 0 Å². The van der Waals surface area contributed by atoms with Crippen molar-refractivity contribution in [3.8, 4) is 11.4 Å². The summed E-state index contributed by atoms with van der Waals surface area (Å²) in [6, 6.07) is 3.84. The summed E-state index contributed by atoms with van der Waals surface area (Å²) in [6.45, 7) is 4.85. The molecule has 0 unspecified atom stereocenters. The molecule has 26 heavy (non-hydrogen) atoms. The third-order valence-corrected chi connectivity index (χ3v) is 5.16. The van der Waals surface area contributed by atoms with E-state index < -0.39 is 0 Å². The van der Waals surface area contributed by atoms with Gasteiger partial charge in [-0.25, -0.2) is 15.0 Å². The first-order valence-electron chi connectivity index (χ1n) is 8.45. The van der Waals surface area contributed by atoms with Crippen LogP contribution in [0.5, 0.6) is 0 Å². The summed E-state index contributed by atoms with van der Waals surface area (Å²) in [5.41, 5.74) is 2.81. The second-order valence-electron chi connectivity index (χ2n) is 5.95. The first kappa shape index (κ1) is 16.6. The number of hydrogen-bond acceptors (Lipinski definition) is 7. The van der Waals surface area contributed by atoms with Gasteiger partial charge in [-0.15, -0.1) is 11.3 Å². The molecule has 0 bridgehead atoms. The summed E-state index contributed by atoms with van der Waals surface area (Å²) in [4.78, 5) is 19.4. The van der Waals surface area contributed by atoms with Crippen molar-refractivity contribution < 1.29 is 0 Å². The second kappa shape index (κ2) is 6.80. The fourth-order valence-electron chi connectivity index (χ4n) is 2.87. The zero-order valence-corrected chi connectivity index (χ0v) is 15.7. The summed E-state index contributed by atoms with van der Waals surface area (Å²) in [5, 5.41) is 9.78.